The summed E-state index contributed by atoms with van der Waals surface area (Å²) >= 11 is 0. The topological polar surface area (TPSA) is 289 Å². The molecule has 1 aromatic rings. The molecule has 40 heavy (non-hydrogen) atoms. The Morgan fingerprint density at radius 3 is 2.02 bits per heavy atom. The maximum Gasteiger partial charge on any atom is 0.326 e. The summed E-state index contributed by atoms with van der Waals surface area (Å²) in [6.45, 7) is -1.20. The minimum atomic E-state index is -1.59. The molecule has 13 N–H and O–H groups in total. The van der Waals surface area contributed by atoms with Crippen LogP contribution in [0.4, 0.5) is 0 Å². The first-order chi connectivity index (χ1) is 18.9. The highest BCUT2D eigenvalue weighted by atomic mass is 16.4. The molecular formula is C24H37N7O9. The fourth-order valence-electron chi connectivity index (χ4n) is 3.42. The number of phenols is 1. The maximum absolute atomic E-state index is 12.7. The van der Waals surface area contributed by atoms with Crippen LogP contribution in [0, 0.1) is 0 Å². The number of carboxylic acid groups (broad SMARTS) is 1. The van der Waals surface area contributed by atoms with Gasteiger partial charge in [0.15, 0.2) is 0 Å². The minimum Gasteiger partial charge on any atom is -0.508 e. The molecule has 0 heterocycles. The number of carboxylic acids is 1. The van der Waals surface area contributed by atoms with Gasteiger partial charge in [0, 0.05) is 0 Å². The van der Waals surface area contributed by atoms with Crippen LogP contribution in [0.3, 0.4) is 0 Å². The molecule has 0 aliphatic heterocycles. The molecule has 0 radical (unpaired) electrons. The molecule has 0 saturated carbocycles. The number of hydrogen-bond donors (Lipinski definition) is 10. The SMILES string of the molecule is NCCCCC(NC(=O)CNC(=O)C(CO)NC(=O)C(CC(N)=O)NC(=O)C(N)Cc1ccc(O)cc1)C(=O)O. The van der Waals surface area contributed by atoms with Gasteiger partial charge in [-0.25, -0.2) is 4.79 Å². The van der Waals surface area contributed by atoms with Crippen molar-refractivity contribution in [2.45, 2.75) is 56.3 Å². The van der Waals surface area contributed by atoms with Crippen molar-refractivity contribution in [2.24, 2.45) is 17.2 Å². The highest BCUT2D eigenvalue weighted by Gasteiger charge is 2.29. The molecule has 4 atom stereocenters. The van der Waals surface area contributed by atoms with Crippen molar-refractivity contribution in [3.05, 3.63) is 29.8 Å². The summed E-state index contributed by atoms with van der Waals surface area (Å²) < 4.78 is 0. The van der Waals surface area contributed by atoms with Gasteiger partial charge in [0.05, 0.1) is 25.6 Å². The predicted molar refractivity (Wildman–Crippen MR) is 140 cm³/mol. The molecule has 0 aromatic heterocycles. The summed E-state index contributed by atoms with van der Waals surface area (Å²) in [6, 6.07) is 0.441. The third-order valence-electron chi connectivity index (χ3n) is 5.59. The Balaban J connectivity index is 2.72. The lowest BCUT2D eigenvalue weighted by Gasteiger charge is -2.23. The van der Waals surface area contributed by atoms with Crippen LogP contribution < -0.4 is 38.5 Å². The van der Waals surface area contributed by atoms with E-state index >= 15 is 0 Å². The van der Waals surface area contributed by atoms with E-state index in [1.165, 1.54) is 12.1 Å². The van der Waals surface area contributed by atoms with Crippen LogP contribution in [0.25, 0.3) is 0 Å². The zero-order valence-electron chi connectivity index (χ0n) is 21.8. The highest BCUT2D eigenvalue weighted by molar-refractivity contribution is 5.96. The van der Waals surface area contributed by atoms with E-state index in [4.69, 9.17) is 17.2 Å². The summed E-state index contributed by atoms with van der Waals surface area (Å²) in [7, 11) is 0. The van der Waals surface area contributed by atoms with Gasteiger partial charge in [-0.2, -0.15) is 0 Å². The Morgan fingerprint density at radius 1 is 0.850 bits per heavy atom. The molecule has 16 heteroatoms. The van der Waals surface area contributed by atoms with Gasteiger partial charge in [-0.1, -0.05) is 12.1 Å². The van der Waals surface area contributed by atoms with Crippen LogP contribution in [0.1, 0.15) is 31.2 Å². The normalized spacial score (nSPS) is 13.7. The van der Waals surface area contributed by atoms with E-state index in [2.05, 4.69) is 21.3 Å². The number of benzene rings is 1. The first kappa shape index (κ1) is 33.7. The minimum absolute atomic E-state index is 0.0193. The Bertz CT molecular complexity index is 1040. The van der Waals surface area contributed by atoms with E-state index in [1.807, 2.05) is 0 Å². The number of hydrogen-bond acceptors (Lipinski definition) is 10. The fraction of sp³-hybridized carbons (Fsp3) is 0.500. The van der Waals surface area contributed by atoms with Crippen molar-refractivity contribution in [2.75, 3.05) is 19.7 Å². The van der Waals surface area contributed by atoms with Crippen LogP contribution in [0.2, 0.25) is 0 Å². The van der Waals surface area contributed by atoms with Crippen molar-refractivity contribution in [3.8, 4) is 5.75 Å². The number of carbonyl (C=O) groups excluding carboxylic acids is 5. The van der Waals surface area contributed by atoms with Gasteiger partial charge >= 0.3 is 5.97 Å². The number of primary amides is 1. The van der Waals surface area contributed by atoms with E-state index in [-0.39, 0.29) is 18.6 Å². The number of aliphatic hydroxyl groups is 1. The second kappa shape index (κ2) is 17.3. The number of amides is 5. The van der Waals surface area contributed by atoms with Gasteiger partial charge in [-0.05, 0) is 49.9 Å². The third-order valence-corrected chi connectivity index (χ3v) is 5.59. The molecule has 0 bridgehead atoms. The number of aliphatic carboxylic acids is 1. The van der Waals surface area contributed by atoms with Crippen molar-refractivity contribution in [1.82, 2.24) is 21.3 Å². The molecule has 4 unspecified atom stereocenters. The van der Waals surface area contributed by atoms with Crippen LogP contribution in [-0.4, -0.2) is 94.7 Å². The number of nitrogens with two attached hydrogens (primary N) is 3. The van der Waals surface area contributed by atoms with E-state index in [0.717, 1.165) is 0 Å². The number of aromatic hydroxyl groups is 1. The lowest BCUT2D eigenvalue weighted by molar-refractivity contribution is -0.142. The molecular weight excluding hydrogens is 530 g/mol. The molecule has 5 amide bonds. The average molecular weight is 568 g/mol. The quantitative estimate of drug-likeness (QED) is 0.0761. The van der Waals surface area contributed by atoms with Crippen molar-refractivity contribution >= 4 is 35.5 Å². The first-order valence-electron chi connectivity index (χ1n) is 12.4. The lowest BCUT2D eigenvalue weighted by Crippen LogP contribution is -2.58. The number of phenolic OH excluding ortho intramolecular Hbond substituents is 1. The van der Waals surface area contributed by atoms with Gasteiger partial charge < -0.3 is 53.8 Å². The van der Waals surface area contributed by atoms with Gasteiger partial charge in [0.25, 0.3) is 0 Å². The van der Waals surface area contributed by atoms with Gasteiger partial charge in [-0.3, -0.25) is 24.0 Å². The Kier molecular flexibility index (Phi) is 14.6. The second-order valence-corrected chi connectivity index (χ2v) is 8.91. The van der Waals surface area contributed by atoms with Crippen molar-refractivity contribution in [3.63, 3.8) is 0 Å². The molecule has 222 valence electrons. The van der Waals surface area contributed by atoms with E-state index in [1.54, 1.807) is 12.1 Å². The van der Waals surface area contributed by atoms with Crippen molar-refractivity contribution < 1.29 is 44.1 Å². The van der Waals surface area contributed by atoms with Crippen molar-refractivity contribution in [1.29, 1.82) is 0 Å². The number of carbonyl (C=O) groups is 6. The van der Waals surface area contributed by atoms with E-state index in [9.17, 15) is 44.1 Å². The average Bonchev–Trinajstić information content (AvgIpc) is 2.90. The zero-order valence-corrected chi connectivity index (χ0v) is 21.8. The van der Waals surface area contributed by atoms with Gasteiger partial charge in [0.2, 0.25) is 29.5 Å². The Morgan fingerprint density at radius 2 is 1.48 bits per heavy atom. The molecule has 1 rings (SSSR count). The van der Waals surface area contributed by atoms with Gasteiger partial charge in [-0.15, -0.1) is 0 Å². The number of unbranched alkanes of at least 4 members (excludes halogenated alkanes) is 1. The van der Waals surface area contributed by atoms with Crippen LogP contribution >= 0.6 is 0 Å². The largest absolute Gasteiger partial charge is 0.508 e. The molecule has 0 aliphatic rings. The number of rotatable bonds is 18. The van der Waals surface area contributed by atoms with Crippen LogP contribution in [-0.2, 0) is 35.2 Å². The Labute approximate surface area is 230 Å². The smallest absolute Gasteiger partial charge is 0.326 e. The molecule has 0 spiro atoms. The molecule has 0 fully saturated rings. The molecule has 0 aliphatic carbocycles. The van der Waals surface area contributed by atoms with E-state index < -0.39 is 79.2 Å². The first-order valence-corrected chi connectivity index (χ1v) is 12.4. The zero-order chi connectivity index (χ0) is 30.2. The van der Waals surface area contributed by atoms with E-state index in [0.29, 0.717) is 24.9 Å². The maximum atomic E-state index is 12.7. The van der Waals surface area contributed by atoms with Gasteiger partial charge in [0.1, 0.15) is 23.9 Å². The second-order valence-electron chi connectivity index (χ2n) is 8.91. The lowest BCUT2D eigenvalue weighted by atomic mass is 10.0. The summed E-state index contributed by atoms with van der Waals surface area (Å²) in [5.41, 5.74) is 17.1. The van der Waals surface area contributed by atoms with Crippen LogP contribution in [0.15, 0.2) is 24.3 Å². The summed E-state index contributed by atoms with van der Waals surface area (Å²) in [5.74, 6) is -5.85. The fourth-order valence-corrected chi connectivity index (χ4v) is 3.42. The van der Waals surface area contributed by atoms with Crippen LogP contribution in [0.5, 0.6) is 5.75 Å². The number of nitrogens with one attached hydrogen (secondary N) is 4. The standard InChI is InChI=1S/C24H37N7O9/c25-8-2-1-3-16(24(39)40)29-20(35)11-28-22(37)18(12-32)31-23(38)17(10-19(27)34)30-21(36)15(26)9-13-4-6-14(33)7-5-13/h4-7,15-18,32-33H,1-3,8-12,25-26H2,(H2,27,34)(H,28,37)(H,29,35)(H,30,36)(H,31,38)(H,39,40). The Hall–Kier alpha value is -4.28. The summed E-state index contributed by atoms with van der Waals surface area (Å²) in [6.07, 6.45) is 0.551. The molecule has 0 saturated heterocycles. The predicted octanol–water partition coefficient (Wildman–Crippen LogP) is -4.09. The monoisotopic (exact) mass is 567 g/mol. The number of aliphatic hydroxyl groups excluding tert-OH is 1. The third kappa shape index (κ3) is 12.5. The molecule has 16 nitrogen and oxygen atoms in total. The summed E-state index contributed by atoms with van der Waals surface area (Å²) in [4.78, 5) is 72.6. The highest BCUT2D eigenvalue weighted by Crippen LogP contribution is 2.11. The molecule has 1 aromatic carbocycles. The summed E-state index contributed by atoms with van der Waals surface area (Å²) in [5, 5.41) is 37.0.